The Morgan fingerprint density at radius 3 is 2.38 bits per heavy atom. The number of nitrogens with zero attached hydrogens (tertiary/aromatic N) is 1. The van der Waals surface area contributed by atoms with Crippen molar-refractivity contribution in [3.8, 4) is 28.7 Å². The Bertz CT molecular complexity index is 825. The summed E-state index contributed by atoms with van der Waals surface area (Å²) in [7, 11) is 4.60. The van der Waals surface area contributed by atoms with Crippen LogP contribution in [0.5, 0.6) is 28.7 Å². The number of hydrazone groups is 1. The van der Waals surface area contributed by atoms with E-state index < -0.39 is 0 Å². The van der Waals surface area contributed by atoms with E-state index in [-0.39, 0.29) is 12.7 Å². The van der Waals surface area contributed by atoms with Crippen LogP contribution in [0, 0.1) is 0 Å². The minimum Gasteiger partial charge on any atom is -0.496 e. The molecule has 1 aliphatic heterocycles. The standard InChI is InChI=1S/C18H18N2O6/c1-22-12-7-15(23-2)13(16(8-12)24-3)9-19-20-18(21)11-4-5-14-17(6-11)26-10-25-14/h4-9H,10H2,1-3H3,(H,20,21)/b19-9-. The summed E-state index contributed by atoms with van der Waals surface area (Å²) >= 11 is 0. The van der Waals surface area contributed by atoms with Crippen molar-refractivity contribution in [3.05, 3.63) is 41.5 Å². The normalized spacial score (nSPS) is 12.1. The van der Waals surface area contributed by atoms with Gasteiger partial charge in [0.2, 0.25) is 6.79 Å². The first-order valence-electron chi connectivity index (χ1n) is 7.69. The Morgan fingerprint density at radius 2 is 1.73 bits per heavy atom. The molecule has 0 unspecified atom stereocenters. The molecule has 0 spiro atoms. The van der Waals surface area contributed by atoms with Crippen molar-refractivity contribution in [2.24, 2.45) is 5.10 Å². The maximum absolute atomic E-state index is 12.2. The highest BCUT2D eigenvalue weighted by Gasteiger charge is 2.16. The number of methoxy groups -OCH3 is 3. The Hall–Kier alpha value is -3.42. The third-order valence-corrected chi connectivity index (χ3v) is 3.75. The smallest absolute Gasteiger partial charge is 0.271 e. The first-order chi connectivity index (χ1) is 12.7. The zero-order valence-corrected chi connectivity index (χ0v) is 14.6. The van der Waals surface area contributed by atoms with Crippen LogP contribution in [0.2, 0.25) is 0 Å². The van der Waals surface area contributed by atoms with Gasteiger partial charge in [0, 0.05) is 17.7 Å². The van der Waals surface area contributed by atoms with Crippen molar-refractivity contribution in [2.75, 3.05) is 28.1 Å². The van der Waals surface area contributed by atoms with E-state index in [4.69, 9.17) is 23.7 Å². The van der Waals surface area contributed by atoms with E-state index >= 15 is 0 Å². The SMILES string of the molecule is COc1cc(OC)c(/C=N\NC(=O)c2ccc3c(c2)OCO3)c(OC)c1. The first-order valence-corrected chi connectivity index (χ1v) is 7.69. The van der Waals surface area contributed by atoms with Crippen molar-refractivity contribution >= 4 is 12.1 Å². The quantitative estimate of drug-likeness (QED) is 0.629. The summed E-state index contributed by atoms with van der Waals surface area (Å²) in [5.74, 6) is 2.34. The summed E-state index contributed by atoms with van der Waals surface area (Å²) < 4.78 is 26.3. The molecule has 1 aliphatic rings. The molecule has 26 heavy (non-hydrogen) atoms. The van der Waals surface area contributed by atoms with Crippen LogP contribution in [0.3, 0.4) is 0 Å². The molecule has 8 nitrogen and oxygen atoms in total. The number of nitrogens with one attached hydrogen (secondary N) is 1. The number of amides is 1. The first kappa shape index (κ1) is 17.4. The van der Waals surface area contributed by atoms with Crippen LogP contribution < -0.4 is 29.1 Å². The second-order valence-corrected chi connectivity index (χ2v) is 5.21. The fraction of sp³-hybridized carbons (Fsp3) is 0.222. The number of ether oxygens (including phenoxy) is 5. The lowest BCUT2D eigenvalue weighted by Crippen LogP contribution is -2.17. The van der Waals surface area contributed by atoms with Crippen molar-refractivity contribution < 1.29 is 28.5 Å². The molecule has 1 amide bonds. The highest BCUT2D eigenvalue weighted by Crippen LogP contribution is 2.33. The zero-order valence-electron chi connectivity index (χ0n) is 14.6. The number of hydrogen-bond donors (Lipinski definition) is 1. The lowest BCUT2D eigenvalue weighted by Gasteiger charge is -2.12. The third-order valence-electron chi connectivity index (χ3n) is 3.75. The summed E-state index contributed by atoms with van der Waals surface area (Å²) in [6.45, 7) is 0.148. The lowest BCUT2D eigenvalue weighted by molar-refractivity contribution is 0.0954. The highest BCUT2D eigenvalue weighted by molar-refractivity contribution is 5.96. The molecule has 0 aliphatic carbocycles. The molecule has 2 aromatic rings. The van der Waals surface area contributed by atoms with Gasteiger partial charge in [0.05, 0.1) is 33.1 Å². The predicted octanol–water partition coefficient (Wildman–Crippen LogP) is 2.21. The Kier molecular flexibility index (Phi) is 5.12. The summed E-state index contributed by atoms with van der Waals surface area (Å²) in [5, 5.41) is 3.99. The van der Waals surface area contributed by atoms with Gasteiger partial charge in [-0.15, -0.1) is 0 Å². The number of benzene rings is 2. The van der Waals surface area contributed by atoms with Crippen LogP contribution in [-0.4, -0.2) is 40.2 Å². The second-order valence-electron chi connectivity index (χ2n) is 5.21. The Balaban J connectivity index is 1.77. The lowest BCUT2D eigenvalue weighted by atomic mass is 10.2. The highest BCUT2D eigenvalue weighted by atomic mass is 16.7. The van der Waals surface area contributed by atoms with E-state index in [0.717, 1.165) is 0 Å². The van der Waals surface area contributed by atoms with E-state index in [1.165, 1.54) is 20.4 Å². The van der Waals surface area contributed by atoms with Gasteiger partial charge >= 0.3 is 0 Å². The number of hydrogen-bond acceptors (Lipinski definition) is 7. The van der Waals surface area contributed by atoms with Gasteiger partial charge in [-0.05, 0) is 18.2 Å². The molecule has 0 fully saturated rings. The molecule has 0 aromatic heterocycles. The molecular weight excluding hydrogens is 340 g/mol. The van der Waals surface area contributed by atoms with Gasteiger partial charge in [-0.3, -0.25) is 4.79 Å². The van der Waals surface area contributed by atoms with Gasteiger partial charge in [0.15, 0.2) is 11.5 Å². The maximum Gasteiger partial charge on any atom is 0.271 e. The minimum atomic E-state index is -0.383. The summed E-state index contributed by atoms with van der Waals surface area (Å²) in [5.41, 5.74) is 3.44. The molecule has 0 saturated carbocycles. The molecule has 0 saturated heterocycles. The van der Waals surface area contributed by atoms with Crippen LogP contribution in [0.4, 0.5) is 0 Å². The molecule has 3 rings (SSSR count). The average molecular weight is 358 g/mol. The largest absolute Gasteiger partial charge is 0.496 e. The molecule has 0 atom stereocenters. The number of carbonyl (C=O) groups is 1. The van der Waals surface area contributed by atoms with Gasteiger partial charge in [-0.1, -0.05) is 0 Å². The molecule has 2 aromatic carbocycles. The van der Waals surface area contributed by atoms with Gasteiger partial charge in [0.25, 0.3) is 5.91 Å². The van der Waals surface area contributed by atoms with E-state index in [1.54, 1.807) is 37.4 Å². The summed E-state index contributed by atoms with van der Waals surface area (Å²) in [6, 6.07) is 8.30. The Labute approximate surface area is 150 Å². The van der Waals surface area contributed by atoms with Crippen molar-refractivity contribution in [1.82, 2.24) is 5.43 Å². The average Bonchev–Trinajstić information content (AvgIpc) is 3.15. The minimum absolute atomic E-state index is 0.148. The van der Waals surface area contributed by atoms with E-state index in [1.807, 2.05) is 0 Å². The molecule has 0 bridgehead atoms. The van der Waals surface area contributed by atoms with Crippen LogP contribution in [0.25, 0.3) is 0 Å². The summed E-state index contributed by atoms with van der Waals surface area (Å²) in [4.78, 5) is 12.2. The van der Waals surface area contributed by atoms with Gasteiger partial charge < -0.3 is 23.7 Å². The van der Waals surface area contributed by atoms with E-state index in [0.29, 0.717) is 39.9 Å². The van der Waals surface area contributed by atoms with E-state index in [9.17, 15) is 4.79 Å². The molecule has 1 N–H and O–H groups in total. The molecule has 8 heteroatoms. The summed E-state index contributed by atoms with van der Waals surface area (Å²) in [6.07, 6.45) is 1.45. The second kappa shape index (κ2) is 7.64. The zero-order chi connectivity index (χ0) is 18.5. The third kappa shape index (κ3) is 3.49. The Morgan fingerprint density at radius 1 is 1.04 bits per heavy atom. The fourth-order valence-electron chi connectivity index (χ4n) is 2.42. The fourth-order valence-corrected chi connectivity index (χ4v) is 2.42. The van der Waals surface area contributed by atoms with Crippen molar-refractivity contribution in [2.45, 2.75) is 0 Å². The van der Waals surface area contributed by atoms with Crippen LogP contribution in [-0.2, 0) is 0 Å². The van der Waals surface area contributed by atoms with Gasteiger partial charge in [-0.25, -0.2) is 5.43 Å². The van der Waals surface area contributed by atoms with Gasteiger partial charge in [0.1, 0.15) is 17.2 Å². The molecule has 0 radical (unpaired) electrons. The van der Waals surface area contributed by atoms with Crippen LogP contribution in [0.15, 0.2) is 35.4 Å². The molecule has 1 heterocycles. The maximum atomic E-state index is 12.2. The van der Waals surface area contributed by atoms with Crippen molar-refractivity contribution in [1.29, 1.82) is 0 Å². The topological polar surface area (TPSA) is 87.6 Å². The van der Waals surface area contributed by atoms with Crippen molar-refractivity contribution in [3.63, 3.8) is 0 Å². The van der Waals surface area contributed by atoms with E-state index in [2.05, 4.69) is 10.5 Å². The predicted molar refractivity (Wildman–Crippen MR) is 93.7 cm³/mol. The van der Waals surface area contributed by atoms with Crippen LogP contribution >= 0.6 is 0 Å². The molecule has 136 valence electrons. The number of carbonyl (C=O) groups excluding carboxylic acids is 1. The van der Waals surface area contributed by atoms with Crippen LogP contribution in [0.1, 0.15) is 15.9 Å². The van der Waals surface area contributed by atoms with Gasteiger partial charge in [-0.2, -0.15) is 5.10 Å². The monoisotopic (exact) mass is 358 g/mol. The number of rotatable bonds is 6. The number of fused-ring (bicyclic) bond motifs is 1. The molecular formula is C18H18N2O6.